The Morgan fingerprint density at radius 2 is 1.74 bits per heavy atom. The van der Waals surface area contributed by atoms with Crippen molar-refractivity contribution in [3.8, 4) is 0 Å². The molecule has 0 aromatic rings. The number of nitrogens with one attached hydrogen (secondary N) is 1. The van der Waals surface area contributed by atoms with Crippen LogP contribution in [0.2, 0.25) is 0 Å². The lowest BCUT2D eigenvalue weighted by atomic mass is 9.99. The van der Waals surface area contributed by atoms with E-state index in [2.05, 4.69) is 5.32 Å². The standard InChI is InChI=1S/C16H32N2O9/c1-22-15-11(27-16(23-2)14(21)13(15)20)9-26-10-12(19)18-4-6-25-8-7-24-5-3-17/h11,13-16,20-21H,3-10,17H2,1-2H3,(H,18,19). The summed E-state index contributed by atoms with van der Waals surface area (Å²) in [6, 6.07) is 0. The SMILES string of the molecule is COC1OC(COCC(=O)NCCOCCOCCN)C(OC)C(O)C1O. The number of aliphatic hydroxyl groups excluding tert-OH is 2. The number of aliphatic hydroxyl groups is 2. The lowest BCUT2D eigenvalue weighted by Gasteiger charge is -2.41. The molecule has 0 spiro atoms. The molecule has 5 N–H and O–H groups in total. The molecular weight excluding hydrogens is 364 g/mol. The molecule has 1 aliphatic rings. The van der Waals surface area contributed by atoms with E-state index in [0.717, 1.165) is 0 Å². The second kappa shape index (κ2) is 14.2. The highest BCUT2D eigenvalue weighted by Gasteiger charge is 2.45. The van der Waals surface area contributed by atoms with Gasteiger partial charge in [0.25, 0.3) is 0 Å². The van der Waals surface area contributed by atoms with Crippen LogP contribution in [0.1, 0.15) is 0 Å². The first-order valence-corrected chi connectivity index (χ1v) is 8.82. The predicted molar refractivity (Wildman–Crippen MR) is 93.0 cm³/mol. The van der Waals surface area contributed by atoms with Gasteiger partial charge in [-0.15, -0.1) is 0 Å². The summed E-state index contributed by atoms with van der Waals surface area (Å²) in [7, 11) is 2.74. The molecule has 0 aromatic heterocycles. The number of nitrogens with two attached hydrogens (primary N) is 1. The van der Waals surface area contributed by atoms with Crippen molar-refractivity contribution in [2.75, 3.05) is 67.0 Å². The van der Waals surface area contributed by atoms with Gasteiger partial charge in [-0.2, -0.15) is 0 Å². The van der Waals surface area contributed by atoms with Crippen molar-refractivity contribution in [2.45, 2.75) is 30.7 Å². The first-order chi connectivity index (χ1) is 13.0. The summed E-state index contributed by atoms with van der Waals surface area (Å²) < 4.78 is 31.4. The van der Waals surface area contributed by atoms with Crippen LogP contribution in [0.3, 0.4) is 0 Å². The Balaban J connectivity index is 2.17. The van der Waals surface area contributed by atoms with Crippen LogP contribution in [-0.4, -0.2) is 114 Å². The molecule has 1 fully saturated rings. The third-order valence-electron chi connectivity index (χ3n) is 3.86. The zero-order chi connectivity index (χ0) is 20.1. The number of carbonyl (C=O) groups excluding carboxylic acids is 1. The van der Waals surface area contributed by atoms with Gasteiger partial charge in [-0.3, -0.25) is 4.79 Å². The molecule has 11 nitrogen and oxygen atoms in total. The number of methoxy groups -OCH3 is 2. The summed E-state index contributed by atoms with van der Waals surface area (Å²) in [5, 5.41) is 22.6. The highest BCUT2D eigenvalue weighted by atomic mass is 16.7. The van der Waals surface area contributed by atoms with Gasteiger partial charge < -0.3 is 49.7 Å². The molecule has 27 heavy (non-hydrogen) atoms. The van der Waals surface area contributed by atoms with Crippen molar-refractivity contribution in [3.05, 3.63) is 0 Å². The minimum atomic E-state index is -1.24. The second-order valence-corrected chi connectivity index (χ2v) is 5.84. The maximum atomic E-state index is 11.7. The fourth-order valence-electron chi connectivity index (χ4n) is 2.51. The van der Waals surface area contributed by atoms with E-state index in [1.165, 1.54) is 14.2 Å². The van der Waals surface area contributed by atoms with Crippen LogP contribution < -0.4 is 11.1 Å². The molecule has 5 unspecified atom stereocenters. The minimum absolute atomic E-state index is 0.00938. The fourth-order valence-corrected chi connectivity index (χ4v) is 2.51. The largest absolute Gasteiger partial charge is 0.387 e. The molecule has 0 radical (unpaired) electrons. The molecule has 1 rings (SSSR count). The fraction of sp³-hybridized carbons (Fsp3) is 0.938. The zero-order valence-electron chi connectivity index (χ0n) is 15.9. The van der Waals surface area contributed by atoms with E-state index >= 15 is 0 Å². The Morgan fingerprint density at radius 3 is 2.37 bits per heavy atom. The maximum absolute atomic E-state index is 11.7. The highest BCUT2D eigenvalue weighted by Crippen LogP contribution is 2.23. The van der Waals surface area contributed by atoms with Gasteiger partial charge in [-0.25, -0.2) is 0 Å². The third-order valence-corrected chi connectivity index (χ3v) is 3.86. The van der Waals surface area contributed by atoms with Gasteiger partial charge in [-0.05, 0) is 0 Å². The van der Waals surface area contributed by atoms with Gasteiger partial charge >= 0.3 is 0 Å². The van der Waals surface area contributed by atoms with Crippen LogP contribution in [0, 0.1) is 0 Å². The van der Waals surface area contributed by atoms with Crippen LogP contribution in [-0.2, 0) is 33.2 Å². The first-order valence-electron chi connectivity index (χ1n) is 8.82. The highest BCUT2D eigenvalue weighted by molar-refractivity contribution is 5.77. The smallest absolute Gasteiger partial charge is 0.246 e. The lowest BCUT2D eigenvalue weighted by Crippen LogP contribution is -2.59. The van der Waals surface area contributed by atoms with Gasteiger partial charge in [0.15, 0.2) is 6.29 Å². The Kier molecular flexibility index (Phi) is 12.7. The normalized spacial score (nSPS) is 28.3. The average Bonchev–Trinajstić information content (AvgIpc) is 2.66. The predicted octanol–water partition coefficient (Wildman–Crippen LogP) is -2.78. The second-order valence-electron chi connectivity index (χ2n) is 5.84. The number of hydrogen-bond donors (Lipinski definition) is 4. The minimum Gasteiger partial charge on any atom is -0.387 e. The molecule has 0 aliphatic carbocycles. The lowest BCUT2D eigenvalue weighted by molar-refractivity contribution is -0.299. The molecule has 1 aliphatic heterocycles. The van der Waals surface area contributed by atoms with Crippen LogP contribution in [0.5, 0.6) is 0 Å². The van der Waals surface area contributed by atoms with E-state index in [0.29, 0.717) is 39.5 Å². The first kappa shape index (κ1) is 24.1. The Labute approximate surface area is 159 Å². The van der Waals surface area contributed by atoms with Gasteiger partial charge in [0.05, 0.1) is 33.0 Å². The van der Waals surface area contributed by atoms with E-state index in [-0.39, 0.29) is 19.1 Å². The maximum Gasteiger partial charge on any atom is 0.246 e. The van der Waals surface area contributed by atoms with Crippen molar-refractivity contribution in [1.29, 1.82) is 0 Å². The molecule has 1 heterocycles. The van der Waals surface area contributed by atoms with E-state index < -0.39 is 30.7 Å². The summed E-state index contributed by atoms with van der Waals surface area (Å²) >= 11 is 0. The summed E-state index contributed by atoms with van der Waals surface area (Å²) in [6.07, 6.45) is -4.92. The Bertz CT molecular complexity index is 402. The topological polar surface area (TPSA) is 151 Å². The monoisotopic (exact) mass is 396 g/mol. The molecular formula is C16H32N2O9. The average molecular weight is 396 g/mol. The molecule has 0 bridgehead atoms. The van der Waals surface area contributed by atoms with E-state index in [9.17, 15) is 15.0 Å². The van der Waals surface area contributed by atoms with E-state index in [1.807, 2.05) is 0 Å². The molecule has 5 atom stereocenters. The summed E-state index contributed by atoms with van der Waals surface area (Å²) in [5.74, 6) is -0.313. The number of ether oxygens (including phenoxy) is 6. The summed E-state index contributed by atoms with van der Waals surface area (Å²) in [4.78, 5) is 11.7. The van der Waals surface area contributed by atoms with Crippen LogP contribution >= 0.6 is 0 Å². The molecule has 1 saturated heterocycles. The van der Waals surface area contributed by atoms with Crippen molar-refractivity contribution in [3.63, 3.8) is 0 Å². The van der Waals surface area contributed by atoms with Crippen LogP contribution in [0.25, 0.3) is 0 Å². The van der Waals surface area contributed by atoms with Crippen molar-refractivity contribution in [1.82, 2.24) is 5.32 Å². The van der Waals surface area contributed by atoms with Crippen LogP contribution in [0.4, 0.5) is 0 Å². The summed E-state index contributed by atoms with van der Waals surface area (Å²) in [5.41, 5.74) is 5.28. The molecule has 11 heteroatoms. The van der Waals surface area contributed by atoms with Crippen molar-refractivity contribution in [2.24, 2.45) is 5.73 Å². The van der Waals surface area contributed by atoms with Gasteiger partial charge in [0, 0.05) is 27.3 Å². The molecule has 0 aromatic carbocycles. The van der Waals surface area contributed by atoms with Gasteiger partial charge in [-0.1, -0.05) is 0 Å². The third kappa shape index (κ3) is 8.77. The van der Waals surface area contributed by atoms with E-state index in [4.69, 9.17) is 34.2 Å². The van der Waals surface area contributed by atoms with E-state index in [1.54, 1.807) is 0 Å². The van der Waals surface area contributed by atoms with Crippen molar-refractivity contribution >= 4 is 5.91 Å². The number of rotatable bonds is 14. The number of hydrogen-bond acceptors (Lipinski definition) is 10. The van der Waals surface area contributed by atoms with Gasteiger partial charge in [0.1, 0.15) is 31.0 Å². The summed E-state index contributed by atoms with van der Waals surface area (Å²) in [6.45, 7) is 2.35. The zero-order valence-corrected chi connectivity index (χ0v) is 15.9. The Hall–Kier alpha value is -0.890. The molecule has 160 valence electrons. The number of amides is 1. The quantitative estimate of drug-likeness (QED) is 0.227. The van der Waals surface area contributed by atoms with Gasteiger partial charge in [0.2, 0.25) is 5.91 Å². The van der Waals surface area contributed by atoms with Crippen molar-refractivity contribution < 1.29 is 43.4 Å². The Morgan fingerprint density at radius 1 is 1.04 bits per heavy atom. The number of carbonyl (C=O) groups is 1. The van der Waals surface area contributed by atoms with Crippen LogP contribution in [0.15, 0.2) is 0 Å². The molecule has 1 amide bonds. The molecule has 0 saturated carbocycles.